The molecule has 0 amide bonds. The Morgan fingerprint density at radius 2 is 1.67 bits per heavy atom. The van der Waals surface area contributed by atoms with E-state index in [-0.39, 0.29) is 0 Å². The van der Waals surface area contributed by atoms with Crippen molar-refractivity contribution in [1.29, 1.82) is 0 Å². The van der Waals surface area contributed by atoms with Gasteiger partial charge in [-0.25, -0.2) is 0 Å². The van der Waals surface area contributed by atoms with Crippen LogP contribution < -0.4 is 0 Å². The number of nitrogens with zero attached hydrogens (tertiary/aromatic N) is 1. The molecular formula is C13H24BrN. The largest absolute Gasteiger partial charge is 0.299 e. The Morgan fingerprint density at radius 1 is 0.933 bits per heavy atom. The Morgan fingerprint density at radius 3 is 2.20 bits per heavy atom. The minimum atomic E-state index is 0.935. The van der Waals surface area contributed by atoms with Crippen LogP contribution in [0.3, 0.4) is 0 Å². The van der Waals surface area contributed by atoms with Crippen molar-refractivity contribution >= 4 is 15.9 Å². The van der Waals surface area contributed by atoms with Gasteiger partial charge in [0, 0.05) is 24.5 Å². The van der Waals surface area contributed by atoms with Crippen molar-refractivity contribution < 1.29 is 0 Å². The number of alkyl halides is 1. The summed E-state index contributed by atoms with van der Waals surface area (Å²) in [6, 6.07) is 0.935. The Hall–Kier alpha value is 0.440. The first-order valence-corrected chi connectivity index (χ1v) is 7.82. The fourth-order valence-corrected chi connectivity index (χ4v) is 3.44. The van der Waals surface area contributed by atoms with Crippen LogP contribution in [0.2, 0.25) is 0 Å². The summed E-state index contributed by atoms with van der Waals surface area (Å²) in [6.45, 7) is 2.65. The second-order valence-electron chi connectivity index (χ2n) is 5.27. The average Bonchev–Trinajstić information content (AvgIpc) is 2.17. The highest BCUT2D eigenvalue weighted by Crippen LogP contribution is 2.29. The average molecular weight is 274 g/mol. The van der Waals surface area contributed by atoms with Gasteiger partial charge in [-0.3, -0.25) is 4.90 Å². The van der Waals surface area contributed by atoms with Crippen LogP contribution in [0, 0.1) is 5.92 Å². The molecule has 0 heterocycles. The molecule has 0 unspecified atom stereocenters. The van der Waals surface area contributed by atoms with E-state index >= 15 is 0 Å². The molecule has 0 aromatic carbocycles. The monoisotopic (exact) mass is 273 g/mol. The van der Waals surface area contributed by atoms with Crippen molar-refractivity contribution in [3.8, 4) is 0 Å². The first-order chi connectivity index (χ1) is 7.40. The quantitative estimate of drug-likeness (QED) is 0.689. The SMILES string of the molecule is BrCCN(CC1CCCCC1)C1CCC1. The molecule has 88 valence electrons. The molecule has 2 aliphatic rings. The molecular weight excluding hydrogens is 250 g/mol. The van der Waals surface area contributed by atoms with Crippen LogP contribution in [-0.2, 0) is 0 Å². The fourth-order valence-electron chi connectivity index (χ4n) is 2.98. The maximum atomic E-state index is 3.59. The Kier molecular flexibility index (Phi) is 4.96. The van der Waals surface area contributed by atoms with Gasteiger partial charge in [-0.15, -0.1) is 0 Å². The Bertz CT molecular complexity index is 173. The molecule has 0 N–H and O–H groups in total. The third-order valence-electron chi connectivity index (χ3n) is 4.18. The summed E-state index contributed by atoms with van der Waals surface area (Å²) in [6.07, 6.45) is 11.8. The minimum absolute atomic E-state index is 0.935. The number of hydrogen-bond acceptors (Lipinski definition) is 1. The molecule has 15 heavy (non-hydrogen) atoms. The lowest BCUT2D eigenvalue weighted by Crippen LogP contribution is -2.44. The number of hydrogen-bond donors (Lipinski definition) is 0. The fraction of sp³-hybridized carbons (Fsp3) is 1.00. The van der Waals surface area contributed by atoms with Crippen molar-refractivity contribution in [1.82, 2.24) is 4.90 Å². The van der Waals surface area contributed by atoms with Gasteiger partial charge in [-0.05, 0) is 31.6 Å². The molecule has 0 saturated heterocycles. The third-order valence-corrected chi connectivity index (χ3v) is 4.53. The van der Waals surface area contributed by atoms with Crippen LogP contribution in [0.25, 0.3) is 0 Å². The lowest BCUT2D eigenvalue weighted by Gasteiger charge is -2.40. The van der Waals surface area contributed by atoms with Gasteiger partial charge in [0.2, 0.25) is 0 Å². The van der Waals surface area contributed by atoms with Gasteiger partial charge in [0.15, 0.2) is 0 Å². The predicted octanol–water partition coefficient (Wildman–Crippen LogP) is 3.82. The van der Waals surface area contributed by atoms with Crippen LogP contribution in [0.15, 0.2) is 0 Å². The van der Waals surface area contributed by atoms with Crippen molar-refractivity contribution in [3.05, 3.63) is 0 Å². The summed E-state index contributed by atoms with van der Waals surface area (Å²) in [7, 11) is 0. The van der Waals surface area contributed by atoms with E-state index in [2.05, 4.69) is 20.8 Å². The minimum Gasteiger partial charge on any atom is -0.299 e. The lowest BCUT2D eigenvalue weighted by molar-refractivity contribution is 0.105. The topological polar surface area (TPSA) is 3.24 Å². The van der Waals surface area contributed by atoms with E-state index < -0.39 is 0 Å². The smallest absolute Gasteiger partial charge is 0.0159 e. The predicted molar refractivity (Wildman–Crippen MR) is 69.6 cm³/mol. The molecule has 2 aliphatic carbocycles. The standard InChI is InChI=1S/C13H24BrN/c14-9-10-15(13-7-4-8-13)11-12-5-2-1-3-6-12/h12-13H,1-11H2. The highest BCUT2D eigenvalue weighted by atomic mass is 79.9. The molecule has 0 spiro atoms. The van der Waals surface area contributed by atoms with E-state index in [0.29, 0.717) is 0 Å². The summed E-state index contributed by atoms with van der Waals surface area (Å²) in [4.78, 5) is 2.76. The number of rotatable bonds is 5. The molecule has 2 heteroatoms. The van der Waals surface area contributed by atoms with E-state index in [4.69, 9.17) is 0 Å². The van der Waals surface area contributed by atoms with Crippen molar-refractivity contribution in [2.45, 2.75) is 57.4 Å². The second kappa shape index (κ2) is 6.24. The zero-order valence-electron chi connectivity index (χ0n) is 9.76. The summed E-state index contributed by atoms with van der Waals surface area (Å²) in [5.41, 5.74) is 0. The number of halogens is 1. The van der Waals surface area contributed by atoms with Gasteiger partial charge in [0.1, 0.15) is 0 Å². The molecule has 0 bridgehead atoms. The van der Waals surface area contributed by atoms with Crippen LogP contribution in [0.1, 0.15) is 51.4 Å². The summed E-state index contributed by atoms with van der Waals surface area (Å²) in [5.74, 6) is 1.01. The zero-order valence-corrected chi connectivity index (χ0v) is 11.3. The molecule has 2 fully saturated rings. The van der Waals surface area contributed by atoms with Crippen LogP contribution in [-0.4, -0.2) is 29.4 Å². The first-order valence-electron chi connectivity index (χ1n) is 6.70. The molecule has 0 radical (unpaired) electrons. The zero-order chi connectivity index (χ0) is 10.5. The molecule has 0 aromatic heterocycles. The first kappa shape index (κ1) is 11.9. The molecule has 0 atom stereocenters. The third kappa shape index (κ3) is 3.45. The van der Waals surface area contributed by atoms with Crippen LogP contribution in [0.5, 0.6) is 0 Å². The van der Waals surface area contributed by atoms with E-state index in [1.54, 1.807) is 0 Å². The van der Waals surface area contributed by atoms with Gasteiger partial charge >= 0.3 is 0 Å². The van der Waals surface area contributed by atoms with Crippen molar-refractivity contribution in [2.75, 3.05) is 18.4 Å². The highest BCUT2D eigenvalue weighted by Gasteiger charge is 2.26. The Balaban J connectivity index is 1.76. The van der Waals surface area contributed by atoms with E-state index in [1.807, 2.05) is 0 Å². The summed E-state index contributed by atoms with van der Waals surface area (Å²) < 4.78 is 0. The second-order valence-corrected chi connectivity index (χ2v) is 6.07. The normalized spacial score (nSPS) is 24.4. The molecule has 2 rings (SSSR count). The van der Waals surface area contributed by atoms with E-state index in [9.17, 15) is 0 Å². The van der Waals surface area contributed by atoms with Gasteiger partial charge in [-0.1, -0.05) is 41.6 Å². The van der Waals surface area contributed by atoms with Gasteiger partial charge in [0.25, 0.3) is 0 Å². The molecule has 0 aliphatic heterocycles. The highest BCUT2D eigenvalue weighted by molar-refractivity contribution is 9.09. The maximum absolute atomic E-state index is 3.59. The van der Waals surface area contributed by atoms with E-state index in [1.165, 1.54) is 64.5 Å². The maximum Gasteiger partial charge on any atom is 0.0159 e. The summed E-state index contributed by atoms with van der Waals surface area (Å²) in [5, 5.41) is 1.15. The van der Waals surface area contributed by atoms with E-state index in [0.717, 1.165) is 17.3 Å². The van der Waals surface area contributed by atoms with Crippen LogP contribution >= 0.6 is 15.9 Å². The van der Waals surface area contributed by atoms with Crippen molar-refractivity contribution in [3.63, 3.8) is 0 Å². The summed E-state index contributed by atoms with van der Waals surface area (Å²) >= 11 is 3.59. The van der Waals surface area contributed by atoms with Crippen LogP contribution in [0.4, 0.5) is 0 Å². The van der Waals surface area contributed by atoms with Gasteiger partial charge in [0.05, 0.1) is 0 Å². The van der Waals surface area contributed by atoms with Gasteiger partial charge < -0.3 is 0 Å². The lowest BCUT2D eigenvalue weighted by atomic mass is 9.86. The molecule has 1 nitrogen and oxygen atoms in total. The van der Waals surface area contributed by atoms with Gasteiger partial charge in [-0.2, -0.15) is 0 Å². The molecule has 2 saturated carbocycles. The van der Waals surface area contributed by atoms with Crippen molar-refractivity contribution in [2.24, 2.45) is 5.92 Å². The molecule has 0 aromatic rings. The Labute approximate surface area is 103 Å².